The molecule has 1 saturated carbocycles. The van der Waals surface area contributed by atoms with E-state index >= 15 is 0 Å². The van der Waals surface area contributed by atoms with Crippen molar-refractivity contribution in [2.24, 2.45) is 17.7 Å². The van der Waals surface area contributed by atoms with Crippen LogP contribution in [0.4, 0.5) is 0 Å². The van der Waals surface area contributed by atoms with Gasteiger partial charge in [-0.05, 0) is 65.3 Å². The van der Waals surface area contributed by atoms with Gasteiger partial charge >= 0.3 is 0 Å². The third-order valence-corrected chi connectivity index (χ3v) is 5.66. The minimum Gasteiger partial charge on any atom is -0.271 e. The maximum atomic E-state index is 5.85. The van der Waals surface area contributed by atoms with Crippen molar-refractivity contribution < 1.29 is 0 Å². The Balaban J connectivity index is 2.24. The molecule has 3 unspecified atom stereocenters. The molecule has 1 aliphatic rings. The fraction of sp³-hybridized carbons (Fsp3) is 0.600. The molecule has 3 atom stereocenters. The Morgan fingerprint density at radius 2 is 2.17 bits per heavy atom. The van der Waals surface area contributed by atoms with Crippen LogP contribution in [-0.2, 0) is 0 Å². The summed E-state index contributed by atoms with van der Waals surface area (Å²) in [4.78, 5) is 0. The Labute approximate surface area is 124 Å². The topological polar surface area (TPSA) is 38.0 Å². The molecule has 100 valence electrons. The van der Waals surface area contributed by atoms with Crippen molar-refractivity contribution in [2.75, 3.05) is 0 Å². The normalized spacial score (nSPS) is 26.0. The van der Waals surface area contributed by atoms with Gasteiger partial charge in [-0.15, -0.1) is 0 Å². The molecule has 0 aliphatic heterocycles. The zero-order valence-electron chi connectivity index (χ0n) is 11.2. The monoisotopic (exact) mass is 358 g/mol. The summed E-state index contributed by atoms with van der Waals surface area (Å²) in [6.45, 7) is 4.53. The molecule has 1 aromatic rings. The second-order valence-corrected chi connectivity index (χ2v) is 6.73. The number of hydrogen-bond donors (Lipinski definition) is 2. The smallest absolute Gasteiger partial charge is 0.0498 e. The summed E-state index contributed by atoms with van der Waals surface area (Å²) in [5.74, 6) is 7.36. The molecule has 18 heavy (non-hydrogen) atoms. The van der Waals surface area contributed by atoms with Crippen LogP contribution in [0.25, 0.3) is 0 Å². The summed E-state index contributed by atoms with van der Waals surface area (Å²) in [5, 5.41) is 0. The number of nitrogens with one attached hydrogen (secondary N) is 1. The van der Waals surface area contributed by atoms with Crippen LogP contribution in [-0.4, -0.2) is 0 Å². The van der Waals surface area contributed by atoms with E-state index in [0.29, 0.717) is 12.0 Å². The Morgan fingerprint density at radius 1 is 1.39 bits per heavy atom. The summed E-state index contributed by atoms with van der Waals surface area (Å²) in [6, 6.07) is 6.84. The zero-order valence-corrected chi connectivity index (χ0v) is 13.4. The van der Waals surface area contributed by atoms with Crippen LogP contribution >= 0.6 is 22.6 Å². The van der Waals surface area contributed by atoms with E-state index in [2.05, 4.69) is 60.1 Å². The van der Waals surface area contributed by atoms with Gasteiger partial charge in [0.15, 0.2) is 0 Å². The molecule has 2 rings (SSSR count). The average Bonchev–Trinajstić information content (AvgIpc) is 2.35. The van der Waals surface area contributed by atoms with E-state index in [0.717, 1.165) is 5.92 Å². The fourth-order valence-electron chi connectivity index (χ4n) is 3.17. The van der Waals surface area contributed by atoms with Gasteiger partial charge in [0.2, 0.25) is 0 Å². The van der Waals surface area contributed by atoms with Gasteiger partial charge in [-0.1, -0.05) is 38.0 Å². The highest BCUT2D eigenvalue weighted by Gasteiger charge is 2.28. The van der Waals surface area contributed by atoms with Crippen LogP contribution in [0.15, 0.2) is 18.2 Å². The molecule has 0 amide bonds. The first-order chi connectivity index (χ1) is 8.63. The predicted molar refractivity (Wildman–Crippen MR) is 85.1 cm³/mol. The number of rotatable bonds is 3. The summed E-state index contributed by atoms with van der Waals surface area (Å²) >= 11 is 2.45. The zero-order chi connectivity index (χ0) is 13.1. The van der Waals surface area contributed by atoms with Crippen LogP contribution in [0.3, 0.4) is 0 Å². The van der Waals surface area contributed by atoms with Gasteiger partial charge in [0.1, 0.15) is 0 Å². The molecule has 3 N–H and O–H groups in total. The first-order valence-electron chi connectivity index (χ1n) is 6.84. The van der Waals surface area contributed by atoms with E-state index in [-0.39, 0.29) is 0 Å². The van der Waals surface area contributed by atoms with Crippen molar-refractivity contribution in [3.63, 3.8) is 0 Å². The van der Waals surface area contributed by atoms with Crippen LogP contribution < -0.4 is 11.3 Å². The van der Waals surface area contributed by atoms with E-state index in [1.807, 2.05) is 0 Å². The third kappa shape index (κ3) is 3.06. The molecule has 2 nitrogen and oxygen atoms in total. The number of hydrazine groups is 1. The van der Waals surface area contributed by atoms with Crippen LogP contribution in [0, 0.1) is 22.3 Å². The fourth-order valence-corrected chi connectivity index (χ4v) is 3.87. The number of halogens is 1. The quantitative estimate of drug-likeness (QED) is 0.488. The predicted octanol–water partition coefficient (Wildman–Crippen LogP) is 3.93. The molecule has 0 radical (unpaired) electrons. The van der Waals surface area contributed by atoms with Crippen molar-refractivity contribution in [3.8, 4) is 0 Å². The van der Waals surface area contributed by atoms with Crippen molar-refractivity contribution >= 4 is 22.6 Å². The molecule has 0 bridgehead atoms. The van der Waals surface area contributed by atoms with Gasteiger partial charge < -0.3 is 0 Å². The highest BCUT2D eigenvalue weighted by molar-refractivity contribution is 14.1. The van der Waals surface area contributed by atoms with Crippen molar-refractivity contribution in [1.29, 1.82) is 0 Å². The molecule has 0 aromatic heterocycles. The maximum Gasteiger partial charge on any atom is 0.0498 e. The van der Waals surface area contributed by atoms with Crippen LogP contribution in [0.1, 0.15) is 49.8 Å². The third-order valence-electron chi connectivity index (χ3n) is 4.18. The Kier molecular flexibility index (Phi) is 5.04. The number of hydrogen-bond acceptors (Lipinski definition) is 2. The lowest BCUT2D eigenvalue weighted by atomic mass is 9.77. The lowest BCUT2D eigenvalue weighted by Gasteiger charge is -2.33. The van der Waals surface area contributed by atoms with Gasteiger partial charge in [-0.3, -0.25) is 11.3 Å². The molecule has 1 fully saturated rings. The van der Waals surface area contributed by atoms with E-state index in [9.17, 15) is 0 Å². The van der Waals surface area contributed by atoms with Gasteiger partial charge in [0, 0.05) is 9.61 Å². The van der Waals surface area contributed by atoms with Gasteiger partial charge in [-0.25, -0.2) is 0 Å². The molecule has 3 heteroatoms. The maximum absolute atomic E-state index is 5.85. The number of aryl methyl sites for hydroxylation is 1. The standard InChI is InChI=1S/C15H23IN2/c1-10-5-3-7-12(9-10)15(18-17)13-8-4-6-11(2)14(13)16/h4,6,8,10,12,15,18H,3,5,7,9,17H2,1-2H3. The molecular formula is C15H23IN2. The lowest BCUT2D eigenvalue weighted by molar-refractivity contribution is 0.224. The van der Waals surface area contributed by atoms with Crippen molar-refractivity contribution in [3.05, 3.63) is 32.9 Å². The molecule has 0 spiro atoms. The summed E-state index contributed by atoms with van der Waals surface area (Å²) < 4.78 is 1.36. The Bertz CT molecular complexity index is 405. The lowest BCUT2D eigenvalue weighted by Crippen LogP contribution is -2.36. The Morgan fingerprint density at radius 3 is 2.83 bits per heavy atom. The van der Waals surface area contributed by atoms with E-state index in [1.165, 1.54) is 40.4 Å². The van der Waals surface area contributed by atoms with E-state index < -0.39 is 0 Å². The van der Waals surface area contributed by atoms with Crippen molar-refractivity contribution in [2.45, 2.75) is 45.6 Å². The molecule has 0 saturated heterocycles. The number of nitrogens with two attached hydrogens (primary N) is 1. The van der Waals surface area contributed by atoms with E-state index in [4.69, 9.17) is 5.84 Å². The molecule has 0 heterocycles. The highest BCUT2D eigenvalue weighted by atomic mass is 127. The summed E-state index contributed by atoms with van der Waals surface area (Å²) in [7, 11) is 0. The van der Waals surface area contributed by atoms with Crippen molar-refractivity contribution in [1.82, 2.24) is 5.43 Å². The molecular weight excluding hydrogens is 335 g/mol. The van der Waals surface area contributed by atoms with E-state index in [1.54, 1.807) is 0 Å². The van der Waals surface area contributed by atoms with Gasteiger partial charge in [0.25, 0.3) is 0 Å². The SMILES string of the molecule is Cc1cccc(C(NN)C2CCCC(C)C2)c1I. The second kappa shape index (κ2) is 6.35. The van der Waals surface area contributed by atoms with Gasteiger partial charge in [-0.2, -0.15) is 0 Å². The largest absolute Gasteiger partial charge is 0.271 e. The Hall–Kier alpha value is -0.130. The van der Waals surface area contributed by atoms with Crippen LogP contribution in [0.5, 0.6) is 0 Å². The molecule has 1 aromatic carbocycles. The summed E-state index contributed by atoms with van der Waals surface area (Å²) in [6.07, 6.45) is 5.30. The van der Waals surface area contributed by atoms with Gasteiger partial charge in [0.05, 0.1) is 0 Å². The minimum atomic E-state index is 0.305. The highest BCUT2D eigenvalue weighted by Crippen LogP contribution is 2.38. The average molecular weight is 358 g/mol. The minimum absolute atomic E-state index is 0.305. The number of benzene rings is 1. The first-order valence-corrected chi connectivity index (χ1v) is 7.92. The summed E-state index contributed by atoms with van der Waals surface area (Å²) in [5.41, 5.74) is 5.79. The second-order valence-electron chi connectivity index (χ2n) is 5.65. The molecule has 1 aliphatic carbocycles. The van der Waals surface area contributed by atoms with Crippen LogP contribution in [0.2, 0.25) is 0 Å². The first kappa shape index (κ1) is 14.3.